The maximum absolute atomic E-state index is 12.8. The topological polar surface area (TPSA) is 101 Å². The number of anilines is 1. The molecule has 9 nitrogen and oxygen atoms in total. The Hall–Kier alpha value is -2.43. The summed E-state index contributed by atoms with van der Waals surface area (Å²) in [4.78, 5) is 31.7. The van der Waals surface area contributed by atoms with Crippen LogP contribution in [0.1, 0.15) is 25.0 Å². The highest BCUT2D eigenvalue weighted by atomic mass is 35.5. The van der Waals surface area contributed by atoms with Crippen molar-refractivity contribution in [1.29, 1.82) is 0 Å². The number of hydrogen-bond donors (Lipinski definition) is 2. The molecule has 2 unspecified atom stereocenters. The Morgan fingerprint density at radius 1 is 1.18 bits per heavy atom. The molecule has 2 saturated heterocycles. The van der Waals surface area contributed by atoms with Gasteiger partial charge >= 0.3 is 0 Å². The van der Waals surface area contributed by atoms with Crippen LogP contribution in [0.25, 0.3) is 16.8 Å². The molecule has 0 bridgehead atoms. The summed E-state index contributed by atoms with van der Waals surface area (Å²) in [6.45, 7) is 9.21. The van der Waals surface area contributed by atoms with Gasteiger partial charge in [0.05, 0.1) is 42.3 Å². The summed E-state index contributed by atoms with van der Waals surface area (Å²) >= 11 is 6.47. The molecular weight excluding hydrogens is 551 g/mol. The van der Waals surface area contributed by atoms with Gasteiger partial charge in [-0.1, -0.05) is 25.4 Å². The maximum atomic E-state index is 12.8. The van der Waals surface area contributed by atoms with Gasteiger partial charge in [-0.15, -0.1) is 24.8 Å². The van der Waals surface area contributed by atoms with Crippen molar-refractivity contribution in [3.63, 3.8) is 0 Å². The lowest BCUT2D eigenvalue weighted by atomic mass is 10.0. The molecule has 3 aliphatic rings. The number of fused-ring (bicyclic) bond motifs is 2. The standard InChI is InChI=1S/C26H29ClN6O3.2ClH/c1-14-6-16(27)8-18(22(14)29-10-17-9-28-4-5-36-17)23-19-7-15(12-33(19)31-13-30-23)11-32-24(34)20-21(25(32)35)26(20,2)3;;/h6-8,12-13,17,20-21,28-29H,4-5,9-11H2,1-3H3;2*1H/t17-,20?,21?;;/m0../s1. The molecule has 1 aliphatic carbocycles. The summed E-state index contributed by atoms with van der Waals surface area (Å²) in [7, 11) is 0. The Balaban J connectivity index is 0.00000168. The largest absolute Gasteiger partial charge is 0.382 e. The van der Waals surface area contributed by atoms with Gasteiger partial charge in [0.25, 0.3) is 0 Å². The summed E-state index contributed by atoms with van der Waals surface area (Å²) in [5, 5.41) is 11.9. The number of aryl methyl sites for hydroxylation is 1. The van der Waals surface area contributed by atoms with Crippen LogP contribution in [0.3, 0.4) is 0 Å². The lowest BCUT2D eigenvalue weighted by Crippen LogP contribution is -2.42. The van der Waals surface area contributed by atoms with Crippen molar-refractivity contribution in [1.82, 2.24) is 24.8 Å². The Bertz CT molecular complexity index is 1360. The van der Waals surface area contributed by atoms with E-state index in [4.69, 9.17) is 16.3 Å². The van der Waals surface area contributed by atoms with Crippen molar-refractivity contribution in [3.8, 4) is 11.3 Å². The number of nitrogens with zero attached hydrogens (tertiary/aromatic N) is 4. The normalized spacial score (nSPS) is 23.6. The number of ether oxygens (including phenoxy) is 1. The molecule has 3 fully saturated rings. The molecule has 3 atom stereocenters. The number of nitrogens with one attached hydrogen (secondary N) is 2. The van der Waals surface area contributed by atoms with E-state index in [9.17, 15) is 9.59 Å². The van der Waals surface area contributed by atoms with Gasteiger partial charge in [0.15, 0.2) is 0 Å². The number of benzene rings is 1. The number of likely N-dealkylation sites (tertiary alicyclic amines) is 1. The van der Waals surface area contributed by atoms with Crippen molar-refractivity contribution in [2.75, 3.05) is 31.6 Å². The highest BCUT2D eigenvalue weighted by molar-refractivity contribution is 6.31. The SMILES string of the molecule is Cc1cc(Cl)cc(-c2ncnn3cc(CN4C(=O)C5C(C4=O)C5(C)C)cc23)c1NC[C@@H]1CNCCO1.Cl.Cl. The first-order chi connectivity index (χ1) is 17.3. The van der Waals surface area contributed by atoms with Crippen molar-refractivity contribution < 1.29 is 14.3 Å². The Labute approximate surface area is 238 Å². The number of rotatable bonds is 6. The van der Waals surface area contributed by atoms with E-state index in [-0.39, 0.29) is 66.5 Å². The van der Waals surface area contributed by atoms with E-state index in [1.54, 1.807) is 4.52 Å². The first kappa shape index (κ1) is 28.6. The number of imide groups is 1. The Kier molecular flexibility index (Phi) is 7.99. The molecule has 1 saturated carbocycles. The first-order valence-corrected chi connectivity index (χ1v) is 12.7. The molecular formula is C26H31Cl3N6O3. The smallest absolute Gasteiger partial charge is 0.233 e. The second kappa shape index (κ2) is 10.6. The summed E-state index contributed by atoms with van der Waals surface area (Å²) in [5.41, 5.74) is 4.89. The van der Waals surface area contributed by atoms with Crippen LogP contribution in [-0.4, -0.2) is 63.7 Å². The van der Waals surface area contributed by atoms with E-state index >= 15 is 0 Å². The number of carbonyl (C=O) groups is 2. The van der Waals surface area contributed by atoms with Gasteiger partial charge in [-0.2, -0.15) is 5.10 Å². The van der Waals surface area contributed by atoms with Gasteiger partial charge in [0.1, 0.15) is 6.33 Å². The third-order valence-corrected chi connectivity index (χ3v) is 7.98. The quantitative estimate of drug-likeness (QED) is 0.428. The van der Waals surface area contributed by atoms with Crippen LogP contribution in [0.5, 0.6) is 0 Å². The monoisotopic (exact) mass is 580 g/mol. The minimum atomic E-state index is -0.221. The zero-order valence-electron chi connectivity index (χ0n) is 21.4. The van der Waals surface area contributed by atoms with Crippen molar-refractivity contribution in [3.05, 3.63) is 46.9 Å². The fourth-order valence-corrected chi connectivity index (χ4v) is 6.02. The number of carbonyl (C=O) groups excluding carboxylic acids is 2. The second-order valence-electron chi connectivity index (χ2n) is 10.5. The summed E-state index contributed by atoms with van der Waals surface area (Å²) in [6, 6.07) is 5.76. The zero-order chi connectivity index (χ0) is 25.2. The molecule has 0 spiro atoms. The molecule has 2 N–H and O–H groups in total. The van der Waals surface area contributed by atoms with Crippen LogP contribution < -0.4 is 10.6 Å². The maximum Gasteiger partial charge on any atom is 0.233 e. The summed E-state index contributed by atoms with van der Waals surface area (Å²) < 4.78 is 7.58. The average Bonchev–Trinajstić information content (AvgIpc) is 3.10. The molecule has 2 amide bonds. The minimum Gasteiger partial charge on any atom is -0.382 e. The average molecular weight is 582 g/mol. The predicted molar refractivity (Wildman–Crippen MR) is 150 cm³/mol. The molecule has 4 heterocycles. The van der Waals surface area contributed by atoms with Crippen molar-refractivity contribution in [2.24, 2.45) is 17.3 Å². The molecule has 204 valence electrons. The highest BCUT2D eigenvalue weighted by Crippen LogP contribution is 2.63. The van der Waals surface area contributed by atoms with Crippen LogP contribution in [-0.2, 0) is 20.9 Å². The third kappa shape index (κ3) is 4.75. The molecule has 1 aromatic carbocycles. The van der Waals surface area contributed by atoms with Gasteiger partial charge in [0.2, 0.25) is 11.8 Å². The van der Waals surface area contributed by atoms with Crippen molar-refractivity contribution in [2.45, 2.75) is 33.4 Å². The number of morpholine rings is 1. The van der Waals surface area contributed by atoms with Crippen LogP contribution in [0.15, 0.2) is 30.7 Å². The predicted octanol–water partition coefficient (Wildman–Crippen LogP) is 3.74. The molecule has 3 aromatic rings. The summed E-state index contributed by atoms with van der Waals surface area (Å²) in [6.07, 6.45) is 3.42. The molecule has 0 radical (unpaired) electrons. The van der Waals surface area contributed by atoms with E-state index in [0.29, 0.717) is 18.2 Å². The Morgan fingerprint density at radius 2 is 1.92 bits per heavy atom. The molecule has 6 rings (SSSR count). The van der Waals surface area contributed by atoms with Crippen molar-refractivity contribution >= 4 is 59.4 Å². The minimum absolute atomic E-state index is 0. The Morgan fingerprint density at radius 3 is 2.61 bits per heavy atom. The van der Waals surface area contributed by atoms with E-state index < -0.39 is 0 Å². The van der Waals surface area contributed by atoms with E-state index in [0.717, 1.165) is 46.7 Å². The number of hydrogen-bond acceptors (Lipinski definition) is 7. The third-order valence-electron chi connectivity index (χ3n) is 7.76. The van der Waals surface area contributed by atoms with Crippen LogP contribution >= 0.6 is 36.4 Å². The van der Waals surface area contributed by atoms with Gasteiger partial charge in [-0.3, -0.25) is 14.5 Å². The highest BCUT2D eigenvalue weighted by Gasteiger charge is 2.72. The molecule has 38 heavy (non-hydrogen) atoms. The van der Waals surface area contributed by atoms with Crippen LogP contribution in [0, 0.1) is 24.2 Å². The lowest BCUT2D eigenvalue weighted by Gasteiger charge is -2.25. The van der Waals surface area contributed by atoms with E-state index in [1.807, 2.05) is 45.2 Å². The fraction of sp³-hybridized carbons (Fsp3) is 0.462. The summed E-state index contributed by atoms with van der Waals surface area (Å²) in [5.74, 6) is -0.534. The first-order valence-electron chi connectivity index (χ1n) is 12.3. The van der Waals surface area contributed by atoms with Crippen LogP contribution in [0.2, 0.25) is 5.02 Å². The fourth-order valence-electron chi connectivity index (χ4n) is 5.75. The number of halogens is 3. The molecule has 2 aromatic heterocycles. The van der Waals surface area contributed by atoms with Gasteiger partial charge in [0, 0.05) is 42.1 Å². The van der Waals surface area contributed by atoms with Crippen LogP contribution in [0.4, 0.5) is 5.69 Å². The molecule has 2 aliphatic heterocycles. The second-order valence-corrected chi connectivity index (χ2v) is 11.0. The van der Waals surface area contributed by atoms with Gasteiger partial charge in [-0.05, 0) is 41.7 Å². The van der Waals surface area contributed by atoms with Gasteiger partial charge < -0.3 is 15.4 Å². The molecule has 12 heteroatoms. The van der Waals surface area contributed by atoms with E-state index in [1.165, 1.54) is 11.2 Å². The van der Waals surface area contributed by atoms with Gasteiger partial charge in [-0.25, -0.2) is 9.50 Å². The number of aromatic nitrogens is 3. The number of amides is 2. The lowest BCUT2D eigenvalue weighted by molar-refractivity contribution is -0.143. The zero-order valence-corrected chi connectivity index (χ0v) is 23.8. The number of piperidine rings is 1. The van der Waals surface area contributed by atoms with E-state index in [2.05, 4.69) is 20.7 Å².